The third-order valence-electron chi connectivity index (χ3n) is 4.27. The number of thiophene rings is 1. The standard InChI is InChI=1S/C19H15FN2OS/c1-19(23,15-7-8-24-12-15)14-5-6-18-13(9-14)11-21-22(18)17-4-2-3-16(20)10-17/h2-12,23H,1H3. The first-order valence-electron chi connectivity index (χ1n) is 7.55. The summed E-state index contributed by atoms with van der Waals surface area (Å²) >= 11 is 1.56. The molecule has 1 atom stereocenters. The summed E-state index contributed by atoms with van der Waals surface area (Å²) < 4.78 is 15.2. The minimum absolute atomic E-state index is 0.298. The third-order valence-corrected chi connectivity index (χ3v) is 4.95. The number of aromatic nitrogens is 2. The summed E-state index contributed by atoms with van der Waals surface area (Å²) in [5.41, 5.74) is 2.14. The van der Waals surface area contributed by atoms with Gasteiger partial charge in [-0.1, -0.05) is 12.1 Å². The molecule has 0 aliphatic rings. The lowest BCUT2D eigenvalue weighted by atomic mass is 9.89. The minimum atomic E-state index is -1.06. The van der Waals surface area contributed by atoms with Gasteiger partial charge in [0.15, 0.2) is 0 Å². The number of nitrogens with zero attached hydrogens (tertiary/aromatic N) is 2. The van der Waals surface area contributed by atoms with Gasteiger partial charge in [-0.25, -0.2) is 9.07 Å². The summed E-state index contributed by atoms with van der Waals surface area (Å²) in [4.78, 5) is 0. The van der Waals surface area contributed by atoms with Crippen molar-refractivity contribution in [2.24, 2.45) is 0 Å². The number of benzene rings is 2. The van der Waals surface area contributed by atoms with E-state index >= 15 is 0 Å². The number of hydrogen-bond acceptors (Lipinski definition) is 3. The maximum Gasteiger partial charge on any atom is 0.125 e. The Morgan fingerprint density at radius 2 is 2.00 bits per heavy atom. The van der Waals surface area contributed by atoms with Crippen molar-refractivity contribution in [3.63, 3.8) is 0 Å². The van der Waals surface area contributed by atoms with E-state index in [4.69, 9.17) is 0 Å². The zero-order chi connectivity index (χ0) is 16.7. The lowest BCUT2D eigenvalue weighted by Gasteiger charge is -2.23. The Hall–Kier alpha value is -2.50. The van der Waals surface area contributed by atoms with Crippen LogP contribution in [0.2, 0.25) is 0 Å². The molecule has 0 amide bonds. The maximum absolute atomic E-state index is 13.5. The molecule has 2 aromatic carbocycles. The molecule has 0 saturated heterocycles. The molecule has 0 spiro atoms. The van der Waals surface area contributed by atoms with Crippen LogP contribution >= 0.6 is 11.3 Å². The van der Waals surface area contributed by atoms with E-state index < -0.39 is 5.60 Å². The highest BCUT2D eigenvalue weighted by molar-refractivity contribution is 7.08. The van der Waals surface area contributed by atoms with Crippen molar-refractivity contribution in [3.8, 4) is 5.69 Å². The Morgan fingerprint density at radius 3 is 2.75 bits per heavy atom. The van der Waals surface area contributed by atoms with Gasteiger partial charge in [-0.05, 0) is 65.2 Å². The van der Waals surface area contributed by atoms with Crippen LogP contribution in [0, 0.1) is 5.82 Å². The van der Waals surface area contributed by atoms with Crippen LogP contribution in [0.4, 0.5) is 4.39 Å². The predicted octanol–water partition coefficient (Wildman–Crippen LogP) is 4.48. The summed E-state index contributed by atoms with van der Waals surface area (Å²) in [6.07, 6.45) is 1.73. The van der Waals surface area contributed by atoms with Gasteiger partial charge in [0.25, 0.3) is 0 Å². The van der Waals surface area contributed by atoms with Gasteiger partial charge in [0.2, 0.25) is 0 Å². The van der Waals surface area contributed by atoms with E-state index in [9.17, 15) is 9.50 Å². The zero-order valence-corrected chi connectivity index (χ0v) is 13.8. The van der Waals surface area contributed by atoms with Gasteiger partial charge in [-0.3, -0.25) is 0 Å². The predicted molar refractivity (Wildman–Crippen MR) is 94.0 cm³/mol. The Kier molecular flexibility index (Phi) is 3.48. The first-order valence-corrected chi connectivity index (χ1v) is 8.49. The van der Waals surface area contributed by atoms with Crippen LogP contribution in [0.3, 0.4) is 0 Å². The highest BCUT2D eigenvalue weighted by atomic mass is 32.1. The minimum Gasteiger partial charge on any atom is -0.381 e. The normalized spacial score (nSPS) is 14.0. The second-order valence-corrected chi connectivity index (χ2v) is 6.67. The van der Waals surface area contributed by atoms with Gasteiger partial charge in [0, 0.05) is 5.39 Å². The Balaban J connectivity index is 1.81. The van der Waals surface area contributed by atoms with E-state index in [0.29, 0.717) is 5.69 Å². The van der Waals surface area contributed by atoms with Gasteiger partial charge in [-0.2, -0.15) is 16.4 Å². The largest absolute Gasteiger partial charge is 0.381 e. The zero-order valence-electron chi connectivity index (χ0n) is 13.0. The van der Waals surface area contributed by atoms with Crippen molar-refractivity contribution in [3.05, 3.63) is 82.4 Å². The Bertz CT molecular complexity index is 1010. The average Bonchev–Trinajstić information content (AvgIpc) is 3.24. The lowest BCUT2D eigenvalue weighted by Crippen LogP contribution is -2.21. The highest BCUT2D eigenvalue weighted by Gasteiger charge is 2.26. The molecule has 120 valence electrons. The quantitative estimate of drug-likeness (QED) is 0.598. The molecule has 0 aliphatic heterocycles. The summed E-state index contributed by atoms with van der Waals surface area (Å²) in [5, 5.41) is 20.0. The van der Waals surface area contributed by atoms with E-state index in [1.165, 1.54) is 12.1 Å². The fourth-order valence-electron chi connectivity index (χ4n) is 2.86. The fraction of sp³-hybridized carbons (Fsp3) is 0.105. The van der Waals surface area contributed by atoms with Gasteiger partial charge in [-0.15, -0.1) is 0 Å². The first kappa shape index (κ1) is 15.1. The molecule has 4 aromatic rings. The van der Waals surface area contributed by atoms with Crippen molar-refractivity contribution < 1.29 is 9.50 Å². The number of aliphatic hydroxyl groups is 1. The second kappa shape index (κ2) is 5.54. The van der Waals surface area contributed by atoms with Gasteiger partial charge in [0.1, 0.15) is 11.4 Å². The number of hydrogen-bond donors (Lipinski definition) is 1. The van der Waals surface area contributed by atoms with Crippen LogP contribution in [0.15, 0.2) is 65.5 Å². The number of rotatable bonds is 3. The van der Waals surface area contributed by atoms with Crippen molar-refractivity contribution >= 4 is 22.2 Å². The molecule has 2 heterocycles. The molecule has 2 aromatic heterocycles. The maximum atomic E-state index is 13.5. The Labute approximate surface area is 142 Å². The van der Waals surface area contributed by atoms with E-state index in [-0.39, 0.29) is 5.82 Å². The molecule has 3 nitrogen and oxygen atoms in total. The van der Waals surface area contributed by atoms with Crippen LogP contribution in [0.25, 0.3) is 16.6 Å². The Morgan fingerprint density at radius 1 is 1.12 bits per heavy atom. The van der Waals surface area contributed by atoms with Crippen molar-refractivity contribution in [1.82, 2.24) is 9.78 Å². The number of fused-ring (bicyclic) bond motifs is 1. The van der Waals surface area contributed by atoms with E-state index in [2.05, 4.69) is 5.10 Å². The van der Waals surface area contributed by atoms with Gasteiger partial charge >= 0.3 is 0 Å². The molecular formula is C19H15FN2OS. The summed E-state index contributed by atoms with van der Waals surface area (Å²) in [7, 11) is 0. The molecule has 0 bridgehead atoms. The van der Waals surface area contributed by atoms with E-state index in [1.807, 2.05) is 41.1 Å². The van der Waals surface area contributed by atoms with Crippen molar-refractivity contribution in [1.29, 1.82) is 0 Å². The van der Waals surface area contributed by atoms with Crippen LogP contribution in [-0.4, -0.2) is 14.9 Å². The summed E-state index contributed by atoms with van der Waals surface area (Å²) in [5.74, 6) is -0.298. The molecule has 0 radical (unpaired) electrons. The second-order valence-electron chi connectivity index (χ2n) is 5.89. The smallest absolute Gasteiger partial charge is 0.125 e. The molecule has 5 heteroatoms. The summed E-state index contributed by atoms with van der Waals surface area (Å²) in [6, 6.07) is 14.0. The molecule has 1 N–H and O–H groups in total. The molecule has 24 heavy (non-hydrogen) atoms. The van der Waals surface area contributed by atoms with Crippen LogP contribution in [-0.2, 0) is 5.60 Å². The van der Waals surface area contributed by atoms with Gasteiger partial charge < -0.3 is 5.11 Å². The molecule has 4 rings (SSSR count). The monoisotopic (exact) mass is 338 g/mol. The van der Waals surface area contributed by atoms with Crippen LogP contribution < -0.4 is 0 Å². The molecule has 1 unspecified atom stereocenters. The van der Waals surface area contributed by atoms with Crippen molar-refractivity contribution in [2.45, 2.75) is 12.5 Å². The van der Waals surface area contributed by atoms with Crippen LogP contribution in [0.5, 0.6) is 0 Å². The van der Waals surface area contributed by atoms with E-state index in [1.54, 1.807) is 35.2 Å². The van der Waals surface area contributed by atoms with E-state index in [0.717, 1.165) is 22.0 Å². The van der Waals surface area contributed by atoms with Crippen molar-refractivity contribution in [2.75, 3.05) is 0 Å². The SMILES string of the molecule is CC(O)(c1ccsc1)c1ccc2c(cnn2-c2cccc(F)c2)c1. The third kappa shape index (κ3) is 2.42. The first-order chi connectivity index (χ1) is 11.6. The number of halogens is 1. The molecule has 0 fully saturated rings. The lowest BCUT2D eigenvalue weighted by molar-refractivity contribution is 0.103. The average molecular weight is 338 g/mol. The molecule has 0 aliphatic carbocycles. The molecular weight excluding hydrogens is 323 g/mol. The van der Waals surface area contributed by atoms with Gasteiger partial charge in [0.05, 0.1) is 17.4 Å². The topological polar surface area (TPSA) is 38.1 Å². The molecule has 0 saturated carbocycles. The fourth-order valence-corrected chi connectivity index (χ4v) is 3.62. The summed E-state index contributed by atoms with van der Waals surface area (Å²) in [6.45, 7) is 1.78. The van der Waals surface area contributed by atoms with Crippen LogP contribution in [0.1, 0.15) is 18.1 Å². The highest BCUT2D eigenvalue weighted by Crippen LogP contribution is 2.32.